The second kappa shape index (κ2) is 14.4. The first-order valence-electron chi connectivity index (χ1n) is 15.0. The van der Waals surface area contributed by atoms with Crippen molar-refractivity contribution < 1.29 is 31.5 Å². The van der Waals surface area contributed by atoms with Gasteiger partial charge >= 0.3 is 6.36 Å². The molecule has 1 amide bonds. The van der Waals surface area contributed by atoms with Crippen LogP contribution in [0.15, 0.2) is 60.7 Å². The Morgan fingerprint density at radius 3 is 2.11 bits per heavy atom. The fourth-order valence-electron chi connectivity index (χ4n) is 5.51. The maximum atomic E-state index is 13.3. The van der Waals surface area contributed by atoms with Crippen LogP contribution in [0.5, 0.6) is 5.75 Å². The lowest BCUT2D eigenvalue weighted by molar-refractivity contribution is -0.274. The SMILES string of the molecule is Fc1ccc2nc(NC[C@@H]3CCNC3)sc2c1.O=C(c1ccccc1OC(F)(F)F)N1CC[C@@H](CNc2nc3ccc(F)cc3s2)C1. The van der Waals surface area contributed by atoms with Gasteiger partial charge in [-0.3, -0.25) is 4.79 Å². The molecule has 248 valence electrons. The maximum absolute atomic E-state index is 13.3. The molecule has 0 unspecified atom stereocenters. The number of carbonyl (C=O) groups excluding carboxylic acids is 1. The van der Waals surface area contributed by atoms with Gasteiger partial charge < -0.3 is 25.6 Å². The average Bonchev–Trinajstić information content (AvgIpc) is 3.85. The highest BCUT2D eigenvalue weighted by atomic mass is 32.1. The van der Waals surface area contributed by atoms with Gasteiger partial charge in [0, 0.05) is 26.2 Å². The van der Waals surface area contributed by atoms with Crippen LogP contribution >= 0.6 is 22.7 Å². The molecule has 8 nitrogen and oxygen atoms in total. The minimum absolute atomic E-state index is 0.114. The molecule has 0 bridgehead atoms. The number of anilines is 2. The number of ether oxygens (including phenoxy) is 1. The highest BCUT2D eigenvalue weighted by molar-refractivity contribution is 7.22. The number of hydrogen-bond acceptors (Lipinski definition) is 9. The quantitative estimate of drug-likeness (QED) is 0.147. The molecular formula is C32H31F5N6O2S2. The summed E-state index contributed by atoms with van der Waals surface area (Å²) in [6, 6.07) is 14.5. The number of thiazole rings is 2. The van der Waals surface area contributed by atoms with Crippen molar-refractivity contribution in [3.8, 4) is 5.75 Å². The number of alkyl halides is 3. The molecule has 2 fully saturated rings. The summed E-state index contributed by atoms with van der Waals surface area (Å²) in [6.45, 7) is 4.52. The van der Waals surface area contributed by atoms with Crippen LogP contribution in [-0.2, 0) is 0 Å². The lowest BCUT2D eigenvalue weighted by atomic mass is 10.1. The summed E-state index contributed by atoms with van der Waals surface area (Å²) < 4.78 is 69.8. The molecule has 0 spiro atoms. The van der Waals surface area contributed by atoms with Gasteiger partial charge in [-0.1, -0.05) is 34.8 Å². The Morgan fingerprint density at radius 1 is 0.894 bits per heavy atom. The van der Waals surface area contributed by atoms with E-state index < -0.39 is 18.0 Å². The van der Waals surface area contributed by atoms with Gasteiger partial charge in [-0.15, -0.1) is 13.2 Å². The van der Waals surface area contributed by atoms with Gasteiger partial charge in [-0.25, -0.2) is 18.7 Å². The monoisotopic (exact) mass is 690 g/mol. The van der Waals surface area contributed by atoms with Crippen LogP contribution in [-0.4, -0.2) is 66.4 Å². The van der Waals surface area contributed by atoms with Crippen LogP contribution in [0.1, 0.15) is 23.2 Å². The van der Waals surface area contributed by atoms with Crippen molar-refractivity contribution in [3.63, 3.8) is 0 Å². The number of nitrogens with zero attached hydrogens (tertiary/aromatic N) is 3. The normalized spacial score (nSPS) is 17.9. The van der Waals surface area contributed by atoms with Crippen molar-refractivity contribution in [3.05, 3.63) is 77.9 Å². The van der Waals surface area contributed by atoms with Gasteiger partial charge in [0.2, 0.25) is 0 Å². The molecule has 2 aliphatic heterocycles. The topological polar surface area (TPSA) is 91.4 Å². The van der Waals surface area contributed by atoms with Crippen LogP contribution in [0.2, 0.25) is 0 Å². The average molecular weight is 691 g/mol. The molecule has 5 aromatic rings. The Bertz CT molecular complexity index is 1840. The highest BCUT2D eigenvalue weighted by Gasteiger charge is 2.34. The number of amides is 1. The van der Waals surface area contributed by atoms with E-state index >= 15 is 0 Å². The molecule has 2 atom stereocenters. The summed E-state index contributed by atoms with van der Waals surface area (Å²) in [6.07, 6.45) is -2.94. The van der Waals surface area contributed by atoms with Crippen molar-refractivity contribution in [1.82, 2.24) is 20.2 Å². The van der Waals surface area contributed by atoms with Gasteiger partial charge in [-0.05, 0) is 86.3 Å². The molecule has 7 rings (SSSR count). The number of halogens is 5. The molecule has 4 heterocycles. The minimum Gasteiger partial charge on any atom is -0.405 e. The van der Waals surface area contributed by atoms with Crippen molar-refractivity contribution in [2.45, 2.75) is 19.2 Å². The van der Waals surface area contributed by atoms with Gasteiger partial charge in [0.05, 0.1) is 26.0 Å². The number of hydrogen-bond donors (Lipinski definition) is 3. The molecular weight excluding hydrogens is 660 g/mol. The highest BCUT2D eigenvalue weighted by Crippen LogP contribution is 2.31. The summed E-state index contributed by atoms with van der Waals surface area (Å²) in [7, 11) is 0. The Labute approximate surface area is 275 Å². The van der Waals surface area contributed by atoms with Gasteiger partial charge in [0.1, 0.15) is 17.4 Å². The molecule has 3 aromatic carbocycles. The predicted octanol–water partition coefficient (Wildman–Crippen LogP) is 7.37. The maximum Gasteiger partial charge on any atom is 0.573 e. The van der Waals surface area contributed by atoms with Gasteiger partial charge in [0.15, 0.2) is 10.3 Å². The Kier molecular flexibility index (Phi) is 10.0. The number of rotatable bonds is 8. The van der Waals surface area contributed by atoms with Crippen LogP contribution in [0, 0.1) is 23.5 Å². The second-order valence-corrected chi connectivity index (χ2v) is 13.4. The number of carbonyl (C=O) groups is 1. The number of nitrogens with one attached hydrogen (secondary N) is 3. The van der Waals surface area contributed by atoms with Crippen LogP contribution in [0.25, 0.3) is 20.4 Å². The zero-order chi connectivity index (χ0) is 33.0. The van der Waals surface area contributed by atoms with Crippen LogP contribution in [0.4, 0.5) is 32.2 Å². The van der Waals surface area contributed by atoms with Crippen molar-refractivity contribution in [1.29, 1.82) is 0 Å². The Balaban J connectivity index is 0.000000191. The summed E-state index contributed by atoms with van der Waals surface area (Å²) in [4.78, 5) is 23.1. The third-order valence-corrected chi connectivity index (χ3v) is 9.82. The lowest BCUT2D eigenvalue weighted by Crippen LogP contribution is -2.30. The van der Waals surface area contributed by atoms with E-state index in [-0.39, 0.29) is 23.1 Å². The zero-order valence-corrected chi connectivity index (χ0v) is 26.6. The van der Waals surface area contributed by atoms with E-state index in [1.807, 2.05) is 0 Å². The molecule has 2 aliphatic rings. The number of para-hydroxylation sites is 1. The second-order valence-electron chi connectivity index (χ2n) is 11.3. The molecule has 47 heavy (non-hydrogen) atoms. The Hall–Kier alpha value is -4.08. The van der Waals surface area contributed by atoms with Gasteiger partial charge in [-0.2, -0.15) is 0 Å². The number of fused-ring (bicyclic) bond motifs is 2. The number of likely N-dealkylation sites (tertiary alicyclic amines) is 1. The molecule has 15 heteroatoms. The summed E-state index contributed by atoms with van der Waals surface area (Å²) in [5.41, 5.74) is 1.45. The number of aromatic nitrogens is 2. The zero-order valence-electron chi connectivity index (χ0n) is 24.9. The van der Waals surface area contributed by atoms with E-state index in [1.165, 1.54) is 76.5 Å². The van der Waals surface area contributed by atoms with E-state index in [9.17, 15) is 26.7 Å². The first-order valence-corrected chi connectivity index (χ1v) is 16.7. The predicted molar refractivity (Wildman–Crippen MR) is 174 cm³/mol. The molecule has 2 saturated heterocycles. The van der Waals surface area contributed by atoms with E-state index in [2.05, 4.69) is 30.7 Å². The van der Waals surface area contributed by atoms with Gasteiger partial charge in [0.25, 0.3) is 5.91 Å². The summed E-state index contributed by atoms with van der Waals surface area (Å²) in [5, 5.41) is 11.4. The van der Waals surface area contributed by atoms with E-state index in [0.29, 0.717) is 42.6 Å². The van der Waals surface area contributed by atoms with Crippen molar-refractivity contribution >= 4 is 59.3 Å². The van der Waals surface area contributed by atoms with Crippen molar-refractivity contribution in [2.24, 2.45) is 11.8 Å². The fourth-order valence-corrected chi connectivity index (χ4v) is 7.31. The number of benzene rings is 3. The largest absolute Gasteiger partial charge is 0.573 e. The van der Waals surface area contributed by atoms with Crippen LogP contribution < -0.4 is 20.7 Å². The first kappa shape index (κ1) is 32.8. The smallest absolute Gasteiger partial charge is 0.405 e. The van der Waals surface area contributed by atoms with Crippen LogP contribution in [0.3, 0.4) is 0 Å². The standard InChI is InChI=1S/C20H17F4N3O2S.C12H14FN3S/c21-13-5-6-15-17(9-13)30-19(26-15)25-10-12-7-8-27(11-12)18(28)14-3-1-2-4-16(14)29-20(22,23)24;13-9-1-2-10-11(5-9)17-12(16-10)15-7-8-3-4-14-6-8/h1-6,9,12H,7-8,10-11H2,(H,25,26);1-2,5,8,14H,3-4,6-7H2,(H,15,16)/t12-;8-/m01/s1. The lowest BCUT2D eigenvalue weighted by Gasteiger charge is -2.19. The van der Waals surface area contributed by atoms with E-state index in [0.717, 1.165) is 45.7 Å². The molecule has 2 aromatic heterocycles. The fraction of sp³-hybridized carbons (Fsp3) is 0.344. The van der Waals surface area contributed by atoms with Crippen molar-refractivity contribution in [2.75, 3.05) is 49.9 Å². The minimum atomic E-state index is -4.87. The first-order chi connectivity index (χ1) is 22.6. The van der Waals surface area contributed by atoms with E-state index in [4.69, 9.17) is 0 Å². The molecule has 3 N–H and O–H groups in total. The summed E-state index contributed by atoms with van der Waals surface area (Å²) >= 11 is 2.85. The third kappa shape index (κ3) is 8.64. The molecule has 0 radical (unpaired) electrons. The molecule has 0 saturated carbocycles. The third-order valence-electron chi connectivity index (χ3n) is 7.86. The summed E-state index contributed by atoms with van der Waals surface area (Å²) in [5.74, 6) is -0.719. The Morgan fingerprint density at radius 2 is 1.51 bits per heavy atom. The van der Waals surface area contributed by atoms with E-state index in [1.54, 1.807) is 12.1 Å². The molecule has 0 aliphatic carbocycles.